The number of fused-ring (bicyclic) bond motifs is 1. The number of aryl methyl sites for hydroxylation is 1. The molecule has 2 amide bonds. The van der Waals surface area contributed by atoms with Gasteiger partial charge < -0.3 is 10.6 Å². The largest absolute Gasteiger partial charge is 0.324 e. The van der Waals surface area contributed by atoms with E-state index in [0.29, 0.717) is 0 Å². The highest BCUT2D eigenvalue weighted by molar-refractivity contribution is 5.99. The Balaban J connectivity index is 1.69. The summed E-state index contributed by atoms with van der Waals surface area (Å²) >= 11 is 0. The van der Waals surface area contributed by atoms with Crippen LogP contribution in [-0.4, -0.2) is 22.4 Å². The molecular formula is C18H25N5O. The average molecular weight is 327 g/mol. The van der Waals surface area contributed by atoms with Crippen molar-refractivity contribution in [2.45, 2.75) is 39.2 Å². The zero-order valence-electron chi connectivity index (χ0n) is 14.7. The molecule has 6 heteroatoms. The zero-order chi connectivity index (χ0) is 17.3. The Kier molecular flexibility index (Phi) is 4.32. The quantitative estimate of drug-likeness (QED) is 0.794. The van der Waals surface area contributed by atoms with E-state index < -0.39 is 0 Å². The Labute approximate surface area is 142 Å². The molecule has 1 aromatic heterocycles. The van der Waals surface area contributed by atoms with Gasteiger partial charge in [-0.05, 0) is 23.1 Å². The fourth-order valence-electron chi connectivity index (χ4n) is 2.91. The van der Waals surface area contributed by atoms with Crippen LogP contribution in [0.3, 0.4) is 0 Å². The minimum absolute atomic E-state index is 0.0988. The molecule has 2 aromatic rings. The van der Waals surface area contributed by atoms with Crippen LogP contribution in [-0.2, 0) is 25.4 Å². The maximum absolute atomic E-state index is 12.3. The summed E-state index contributed by atoms with van der Waals surface area (Å²) in [5.41, 5.74) is 4.24. The van der Waals surface area contributed by atoms with Crippen molar-refractivity contribution in [3.05, 3.63) is 41.1 Å². The van der Waals surface area contributed by atoms with E-state index in [0.717, 1.165) is 42.3 Å². The van der Waals surface area contributed by atoms with Crippen molar-refractivity contribution in [2.24, 2.45) is 7.05 Å². The topological polar surface area (TPSA) is 71.0 Å². The highest BCUT2D eigenvalue weighted by atomic mass is 16.2. The first-order valence-corrected chi connectivity index (χ1v) is 8.28. The molecular weight excluding hydrogens is 302 g/mol. The normalized spacial score (nSPS) is 14.2. The Hall–Kier alpha value is -2.34. The van der Waals surface area contributed by atoms with Crippen molar-refractivity contribution in [1.29, 1.82) is 0 Å². The van der Waals surface area contributed by atoms with E-state index in [9.17, 15) is 4.79 Å². The van der Waals surface area contributed by atoms with Gasteiger partial charge in [0.1, 0.15) is 5.82 Å². The molecule has 0 atom stereocenters. The summed E-state index contributed by atoms with van der Waals surface area (Å²) in [7, 11) is 1.85. The number of nitrogens with one attached hydrogen (secondary N) is 3. The lowest BCUT2D eigenvalue weighted by Crippen LogP contribution is -2.25. The van der Waals surface area contributed by atoms with Crippen LogP contribution >= 0.6 is 0 Å². The van der Waals surface area contributed by atoms with Crippen LogP contribution < -0.4 is 16.0 Å². The van der Waals surface area contributed by atoms with Crippen LogP contribution in [0.25, 0.3) is 0 Å². The molecule has 3 rings (SSSR count). The van der Waals surface area contributed by atoms with Crippen molar-refractivity contribution in [3.8, 4) is 0 Å². The van der Waals surface area contributed by atoms with E-state index in [2.05, 4.69) is 41.8 Å². The monoisotopic (exact) mass is 327 g/mol. The summed E-state index contributed by atoms with van der Waals surface area (Å²) in [6.45, 7) is 8.17. The molecule has 1 aliphatic heterocycles. The molecule has 0 unspecified atom stereocenters. The van der Waals surface area contributed by atoms with Gasteiger partial charge in [-0.25, -0.2) is 4.79 Å². The van der Waals surface area contributed by atoms with Crippen LogP contribution in [0.4, 0.5) is 16.3 Å². The fourth-order valence-corrected chi connectivity index (χ4v) is 2.91. The van der Waals surface area contributed by atoms with E-state index in [1.807, 2.05) is 31.3 Å². The Morgan fingerprint density at radius 3 is 2.58 bits per heavy atom. The van der Waals surface area contributed by atoms with Crippen molar-refractivity contribution in [3.63, 3.8) is 0 Å². The molecule has 0 saturated heterocycles. The molecule has 24 heavy (non-hydrogen) atoms. The molecule has 0 radical (unpaired) electrons. The molecule has 6 nitrogen and oxygen atoms in total. The number of nitrogens with zero attached hydrogens (tertiary/aromatic N) is 2. The molecule has 0 spiro atoms. The predicted molar refractivity (Wildman–Crippen MR) is 96.4 cm³/mol. The molecule has 2 heterocycles. The number of urea groups is 1. The zero-order valence-corrected chi connectivity index (χ0v) is 14.7. The number of benzene rings is 1. The second-order valence-corrected chi connectivity index (χ2v) is 7.23. The number of rotatable bonds is 2. The average Bonchev–Trinajstić information content (AvgIpc) is 2.83. The third-order valence-corrected chi connectivity index (χ3v) is 4.31. The first-order chi connectivity index (χ1) is 11.3. The summed E-state index contributed by atoms with van der Waals surface area (Å²) in [5.74, 6) is 0.751. The smallest absolute Gasteiger partial charge is 0.312 e. The van der Waals surface area contributed by atoms with Crippen molar-refractivity contribution in [2.75, 3.05) is 17.2 Å². The highest BCUT2D eigenvalue weighted by Gasteiger charge is 2.20. The molecule has 128 valence electrons. The van der Waals surface area contributed by atoms with E-state index >= 15 is 0 Å². The van der Waals surface area contributed by atoms with Crippen molar-refractivity contribution in [1.82, 2.24) is 15.1 Å². The third kappa shape index (κ3) is 3.43. The summed E-state index contributed by atoms with van der Waals surface area (Å²) in [6.07, 6.45) is 0.890. The predicted octanol–water partition coefficient (Wildman–Crippen LogP) is 3.01. The number of hydrogen-bond donors (Lipinski definition) is 3. The first kappa shape index (κ1) is 16.5. The second-order valence-electron chi connectivity index (χ2n) is 7.23. The van der Waals surface area contributed by atoms with Gasteiger partial charge in [0.05, 0.1) is 5.69 Å². The molecule has 0 bridgehead atoms. The fraction of sp³-hybridized carbons (Fsp3) is 0.444. The van der Waals surface area contributed by atoms with Gasteiger partial charge in [0.2, 0.25) is 0 Å². The first-order valence-electron chi connectivity index (χ1n) is 8.28. The SMILES string of the molecule is Cn1nc2c(c1NC(=O)Nc1ccc(C(C)(C)C)cc1)CNCC2. The highest BCUT2D eigenvalue weighted by Crippen LogP contribution is 2.24. The van der Waals surface area contributed by atoms with E-state index in [1.165, 1.54) is 5.56 Å². The van der Waals surface area contributed by atoms with E-state index in [1.54, 1.807) is 4.68 Å². The molecule has 1 aromatic carbocycles. The summed E-state index contributed by atoms with van der Waals surface area (Å²) in [6, 6.07) is 7.70. The van der Waals surface area contributed by atoms with Crippen LogP contribution in [0.15, 0.2) is 24.3 Å². The number of hydrogen-bond acceptors (Lipinski definition) is 3. The van der Waals surface area contributed by atoms with Crippen molar-refractivity contribution >= 4 is 17.5 Å². The van der Waals surface area contributed by atoms with Gasteiger partial charge >= 0.3 is 6.03 Å². The minimum atomic E-state index is -0.255. The Morgan fingerprint density at radius 1 is 1.21 bits per heavy atom. The van der Waals surface area contributed by atoms with Crippen LogP contribution in [0.5, 0.6) is 0 Å². The number of amides is 2. The Morgan fingerprint density at radius 2 is 1.92 bits per heavy atom. The lowest BCUT2D eigenvalue weighted by Gasteiger charge is -2.19. The lowest BCUT2D eigenvalue weighted by molar-refractivity contribution is 0.262. The lowest BCUT2D eigenvalue weighted by atomic mass is 9.87. The van der Waals surface area contributed by atoms with Gasteiger partial charge in [0, 0.05) is 37.8 Å². The Bertz CT molecular complexity index is 740. The molecule has 0 aliphatic carbocycles. The number of carbonyl (C=O) groups is 1. The minimum Gasteiger partial charge on any atom is -0.312 e. The molecule has 3 N–H and O–H groups in total. The number of aromatic nitrogens is 2. The summed E-state index contributed by atoms with van der Waals surface area (Å²) in [4.78, 5) is 12.3. The third-order valence-electron chi connectivity index (χ3n) is 4.31. The van der Waals surface area contributed by atoms with Gasteiger partial charge in [0.25, 0.3) is 0 Å². The molecule has 0 saturated carbocycles. The standard InChI is InChI=1S/C18H25N5O/c1-18(2,3)12-5-7-13(8-6-12)20-17(24)21-16-14-11-19-10-9-15(14)22-23(16)4/h5-8,19H,9-11H2,1-4H3,(H2,20,21,24). The van der Waals surface area contributed by atoms with Gasteiger partial charge in [-0.15, -0.1) is 0 Å². The van der Waals surface area contributed by atoms with E-state index in [4.69, 9.17) is 0 Å². The number of anilines is 2. The van der Waals surface area contributed by atoms with Gasteiger partial charge in [-0.3, -0.25) is 10.00 Å². The van der Waals surface area contributed by atoms with Gasteiger partial charge in [-0.1, -0.05) is 32.9 Å². The van der Waals surface area contributed by atoms with E-state index in [-0.39, 0.29) is 11.4 Å². The van der Waals surface area contributed by atoms with Gasteiger partial charge in [0.15, 0.2) is 0 Å². The number of carbonyl (C=O) groups excluding carboxylic acids is 1. The van der Waals surface area contributed by atoms with Gasteiger partial charge in [-0.2, -0.15) is 5.10 Å². The van der Waals surface area contributed by atoms with Crippen molar-refractivity contribution < 1.29 is 4.79 Å². The maximum atomic E-state index is 12.3. The summed E-state index contributed by atoms with van der Waals surface area (Å²) in [5, 5.41) is 13.6. The van der Waals surface area contributed by atoms with Crippen LogP contribution in [0.2, 0.25) is 0 Å². The van der Waals surface area contributed by atoms with Crippen LogP contribution in [0, 0.1) is 0 Å². The summed E-state index contributed by atoms with van der Waals surface area (Å²) < 4.78 is 1.74. The molecule has 0 fully saturated rings. The molecule has 1 aliphatic rings. The van der Waals surface area contributed by atoms with Crippen LogP contribution in [0.1, 0.15) is 37.6 Å². The second kappa shape index (κ2) is 6.28. The maximum Gasteiger partial charge on any atom is 0.324 e.